The molecule has 0 aromatic rings. The molecule has 214 valence electrons. The van der Waals surface area contributed by atoms with Gasteiger partial charge in [0, 0.05) is 42.9 Å². The van der Waals surface area contributed by atoms with E-state index in [-0.39, 0.29) is 40.6 Å². The number of amides is 2. The van der Waals surface area contributed by atoms with Gasteiger partial charge in [0.25, 0.3) is 0 Å². The van der Waals surface area contributed by atoms with Gasteiger partial charge in [-0.1, -0.05) is 47.5 Å². The molecule has 0 aromatic heterocycles. The number of rotatable bonds is 6. The number of piperidine rings is 1. The summed E-state index contributed by atoms with van der Waals surface area (Å²) in [7, 11) is 1.79. The number of Topliss-reactive ketones (excluding diaryl/α,β-unsaturated/α-hetero) is 1. The van der Waals surface area contributed by atoms with Crippen molar-refractivity contribution in [2.75, 3.05) is 26.7 Å². The third-order valence-electron chi connectivity index (χ3n) is 12.4. The smallest absolute Gasteiger partial charge is 0.414 e. The van der Waals surface area contributed by atoms with Gasteiger partial charge >= 0.3 is 6.09 Å². The summed E-state index contributed by atoms with van der Waals surface area (Å²) >= 11 is 0. The van der Waals surface area contributed by atoms with Gasteiger partial charge in [-0.3, -0.25) is 14.9 Å². The summed E-state index contributed by atoms with van der Waals surface area (Å²) in [6.07, 6.45) is 7.17. The molecule has 2 amide bonds. The number of ether oxygens (including phenoxy) is 2. The van der Waals surface area contributed by atoms with E-state index in [1.165, 1.54) is 0 Å². The first-order valence-corrected chi connectivity index (χ1v) is 15.3. The predicted octanol–water partition coefficient (Wildman–Crippen LogP) is 5.21. The average molecular weight is 531 g/mol. The molecule has 11 atom stereocenters. The summed E-state index contributed by atoms with van der Waals surface area (Å²) in [6.45, 7) is 13.7. The van der Waals surface area contributed by atoms with E-state index in [9.17, 15) is 14.4 Å². The van der Waals surface area contributed by atoms with Crippen molar-refractivity contribution in [2.45, 2.75) is 105 Å². The van der Waals surface area contributed by atoms with Crippen LogP contribution >= 0.6 is 0 Å². The fourth-order valence-corrected chi connectivity index (χ4v) is 9.89. The molecule has 3 aliphatic carbocycles. The molecule has 2 heterocycles. The maximum Gasteiger partial charge on any atom is 0.414 e. The third-order valence-corrected chi connectivity index (χ3v) is 12.4. The van der Waals surface area contributed by atoms with Crippen molar-refractivity contribution in [3.8, 4) is 0 Å². The molecule has 0 spiro atoms. The van der Waals surface area contributed by atoms with Gasteiger partial charge in [0.1, 0.15) is 11.9 Å². The highest BCUT2D eigenvalue weighted by Crippen LogP contribution is 2.69. The van der Waals surface area contributed by atoms with E-state index in [0.29, 0.717) is 24.0 Å². The number of carbonyl (C=O) groups excluding carboxylic acids is 3. The van der Waals surface area contributed by atoms with Crippen molar-refractivity contribution in [3.05, 3.63) is 0 Å². The van der Waals surface area contributed by atoms with Crippen LogP contribution in [-0.4, -0.2) is 61.6 Å². The first kappa shape index (κ1) is 28.1. The number of nitrogens with one attached hydrogen (secondary N) is 1. The van der Waals surface area contributed by atoms with Crippen molar-refractivity contribution in [1.29, 1.82) is 0 Å². The van der Waals surface area contributed by atoms with Crippen LogP contribution in [-0.2, 0) is 19.1 Å². The number of imide groups is 1. The van der Waals surface area contributed by atoms with E-state index in [1.54, 1.807) is 7.11 Å². The van der Waals surface area contributed by atoms with Crippen LogP contribution in [0.15, 0.2) is 0 Å². The first-order valence-electron chi connectivity index (χ1n) is 15.3. The van der Waals surface area contributed by atoms with Gasteiger partial charge in [0.2, 0.25) is 5.91 Å². The molecule has 0 aromatic carbocycles. The molecule has 7 nitrogen and oxygen atoms in total. The Hall–Kier alpha value is -1.47. The molecule has 0 radical (unpaired) electrons. The van der Waals surface area contributed by atoms with Gasteiger partial charge in [0.05, 0.1) is 12.0 Å². The summed E-state index contributed by atoms with van der Waals surface area (Å²) in [5.41, 5.74) is -1.06. The van der Waals surface area contributed by atoms with Crippen LogP contribution in [0.25, 0.3) is 0 Å². The third kappa shape index (κ3) is 4.25. The number of ketones is 1. The largest absolute Gasteiger partial charge is 0.445 e. The van der Waals surface area contributed by atoms with Crippen molar-refractivity contribution in [3.63, 3.8) is 0 Å². The molecule has 7 heteroatoms. The van der Waals surface area contributed by atoms with Crippen molar-refractivity contribution < 1.29 is 23.9 Å². The van der Waals surface area contributed by atoms with Gasteiger partial charge in [-0.2, -0.15) is 0 Å². The predicted molar refractivity (Wildman–Crippen MR) is 145 cm³/mol. The SMILES string of the molecule is CCCC[C@]1(C)C[C@@H](OC(=O)NC(=O)[C@H]2CN3CC[C@@H]2C3)[C@@]2(C)C3C(OC)CCC3(CC[C@H]2C)[C@@H](C)C1=O. The van der Waals surface area contributed by atoms with Crippen molar-refractivity contribution >= 4 is 17.8 Å². The van der Waals surface area contributed by atoms with Crippen LogP contribution in [0, 0.1) is 45.8 Å². The molecular formula is C31H50N2O5. The molecule has 2 saturated heterocycles. The van der Waals surface area contributed by atoms with Gasteiger partial charge in [-0.25, -0.2) is 4.79 Å². The average Bonchev–Trinajstić information content (AvgIpc) is 3.63. The topological polar surface area (TPSA) is 84.9 Å². The summed E-state index contributed by atoms with van der Waals surface area (Å²) in [6, 6.07) is 0. The highest BCUT2D eigenvalue weighted by molar-refractivity contribution is 5.93. The zero-order chi connectivity index (χ0) is 27.5. The minimum atomic E-state index is -0.645. The Bertz CT molecular complexity index is 955. The summed E-state index contributed by atoms with van der Waals surface area (Å²) in [5, 5.41) is 2.63. The zero-order valence-corrected chi connectivity index (χ0v) is 24.5. The van der Waals surface area contributed by atoms with E-state index in [0.717, 1.165) is 71.0 Å². The van der Waals surface area contributed by atoms with E-state index >= 15 is 0 Å². The maximum atomic E-state index is 14.3. The van der Waals surface area contributed by atoms with Gasteiger partial charge in [-0.05, 0) is 68.7 Å². The molecule has 5 fully saturated rings. The maximum absolute atomic E-state index is 14.3. The van der Waals surface area contributed by atoms with Crippen LogP contribution in [0.3, 0.4) is 0 Å². The van der Waals surface area contributed by atoms with Crippen LogP contribution in [0.4, 0.5) is 4.79 Å². The van der Waals surface area contributed by atoms with E-state index < -0.39 is 17.6 Å². The second-order valence-electron chi connectivity index (χ2n) is 14.1. The number of hydrogen-bond donors (Lipinski definition) is 1. The molecular weight excluding hydrogens is 480 g/mol. The molecule has 3 saturated carbocycles. The van der Waals surface area contributed by atoms with Crippen molar-refractivity contribution in [2.24, 2.45) is 45.8 Å². The number of hydrogen-bond acceptors (Lipinski definition) is 6. The van der Waals surface area contributed by atoms with Crippen LogP contribution in [0.5, 0.6) is 0 Å². The van der Waals surface area contributed by atoms with E-state index in [2.05, 4.69) is 44.8 Å². The minimum absolute atomic E-state index is 0.0388. The number of fused-ring (bicyclic) bond motifs is 2. The number of alkyl carbamates (subject to hydrolysis) is 1. The second kappa shape index (κ2) is 10.2. The Kier molecular flexibility index (Phi) is 7.52. The lowest BCUT2D eigenvalue weighted by Gasteiger charge is -2.61. The fraction of sp³-hybridized carbons (Fsp3) is 0.903. The van der Waals surface area contributed by atoms with E-state index in [1.807, 2.05) is 0 Å². The fourth-order valence-electron chi connectivity index (χ4n) is 9.89. The Morgan fingerprint density at radius 3 is 2.47 bits per heavy atom. The summed E-state index contributed by atoms with van der Waals surface area (Å²) in [5.74, 6) is 0.687. The van der Waals surface area contributed by atoms with Gasteiger partial charge < -0.3 is 14.4 Å². The molecule has 4 bridgehead atoms. The molecule has 4 unspecified atom stereocenters. The molecule has 1 N–H and O–H groups in total. The Labute approximate surface area is 229 Å². The number of nitrogens with zero attached hydrogens (tertiary/aromatic N) is 1. The highest BCUT2D eigenvalue weighted by atomic mass is 16.6. The molecule has 5 rings (SSSR count). The number of carbonyl (C=O) groups is 3. The first-order chi connectivity index (χ1) is 18.0. The normalized spacial score (nSPS) is 47.8. The molecule has 38 heavy (non-hydrogen) atoms. The van der Waals surface area contributed by atoms with Crippen LogP contribution in [0.1, 0.15) is 92.4 Å². The zero-order valence-electron chi connectivity index (χ0n) is 24.5. The molecule has 2 aliphatic heterocycles. The van der Waals surface area contributed by atoms with Gasteiger partial charge in [-0.15, -0.1) is 0 Å². The van der Waals surface area contributed by atoms with Crippen LogP contribution in [0.2, 0.25) is 0 Å². The monoisotopic (exact) mass is 530 g/mol. The number of methoxy groups -OCH3 is 1. The molecule has 5 aliphatic rings. The van der Waals surface area contributed by atoms with Crippen molar-refractivity contribution in [1.82, 2.24) is 10.2 Å². The second-order valence-corrected chi connectivity index (χ2v) is 14.1. The highest BCUT2D eigenvalue weighted by Gasteiger charge is 2.68. The Morgan fingerprint density at radius 2 is 1.84 bits per heavy atom. The lowest BCUT2D eigenvalue weighted by molar-refractivity contribution is -0.192. The summed E-state index contributed by atoms with van der Waals surface area (Å²) in [4.78, 5) is 43.2. The number of unbranched alkanes of at least 4 members (excludes halogenated alkanes) is 1. The quantitative estimate of drug-likeness (QED) is 0.507. The van der Waals surface area contributed by atoms with Gasteiger partial charge in [0.15, 0.2) is 0 Å². The lowest BCUT2D eigenvalue weighted by atomic mass is 9.43. The summed E-state index contributed by atoms with van der Waals surface area (Å²) < 4.78 is 12.5. The minimum Gasteiger partial charge on any atom is -0.445 e. The van der Waals surface area contributed by atoms with Crippen LogP contribution < -0.4 is 5.32 Å². The Morgan fingerprint density at radius 1 is 1.11 bits per heavy atom. The lowest BCUT2D eigenvalue weighted by Crippen LogP contribution is -2.63. The standard InChI is InChI=1S/C31H50N2O5/c1-7-8-12-29(4)16-24(38-28(36)32-27(35)22-18-33-15-11-21(22)17-33)30(5)19(2)9-13-31(20(3)26(29)34)14-10-23(37-6)25(30)31/h19-25H,7-18H2,1-6H3,(H,32,35,36)/t19-,20+,21-,22+,23?,24-,25?,29-,30+,31?/m1/s1. The Balaban J connectivity index is 1.48. The van der Waals surface area contributed by atoms with E-state index in [4.69, 9.17) is 9.47 Å².